The molecule has 0 aliphatic rings. The Morgan fingerprint density at radius 2 is 1.33 bits per heavy atom. The molecule has 8 nitrogen and oxygen atoms in total. The second kappa shape index (κ2) is 21.9. The number of ether oxygens (including phenoxy) is 3. The van der Waals surface area contributed by atoms with Crippen LogP contribution in [0.4, 0.5) is 4.79 Å². The van der Waals surface area contributed by atoms with Crippen molar-refractivity contribution in [1.29, 1.82) is 0 Å². The molecule has 0 aliphatic heterocycles. The zero-order valence-electron chi connectivity index (χ0n) is 27.3. The number of methoxy groups -OCH3 is 1. The molecule has 1 atom stereocenters. The summed E-state index contributed by atoms with van der Waals surface area (Å²) in [5.41, 5.74) is 0.657. The van der Waals surface area contributed by atoms with Crippen LogP contribution in [0.25, 0.3) is 0 Å². The fourth-order valence-corrected chi connectivity index (χ4v) is 4.61. The number of carbonyl (C=O) groups is 3. The van der Waals surface area contributed by atoms with Gasteiger partial charge in [-0.1, -0.05) is 83.6 Å². The molecule has 1 aromatic rings. The van der Waals surface area contributed by atoms with Crippen LogP contribution in [0.2, 0.25) is 0 Å². The highest BCUT2D eigenvalue weighted by molar-refractivity contribution is 5.97. The molecule has 0 bridgehead atoms. The number of benzene rings is 1. The lowest BCUT2D eigenvalue weighted by atomic mass is 9.98. The number of amides is 2. The Kier molecular flexibility index (Phi) is 19.4. The van der Waals surface area contributed by atoms with Crippen molar-refractivity contribution in [1.82, 2.24) is 10.6 Å². The van der Waals surface area contributed by atoms with Crippen LogP contribution in [0.15, 0.2) is 18.2 Å². The molecule has 0 spiro atoms. The first-order valence-corrected chi connectivity index (χ1v) is 16.2. The van der Waals surface area contributed by atoms with Crippen molar-refractivity contribution in [2.45, 2.75) is 136 Å². The molecule has 0 saturated carbocycles. The minimum absolute atomic E-state index is 0.210. The fourth-order valence-electron chi connectivity index (χ4n) is 4.61. The second-order valence-corrected chi connectivity index (χ2v) is 12.1. The van der Waals surface area contributed by atoms with Gasteiger partial charge in [-0.05, 0) is 64.7 Å². The summed E-state index contributed by atoms with van der Waals surface area (Å²) in [5, 5.41) is 5.77. The fraction of sp³-hybridized carbons (Fsp3) is 0.735. The van der Waals surface area contributed by atoms with E-state index in [2.05, 4.69) is 17.6 Å². The van der Waals surface area contributed by atoms with Gasteiger partial charge in [-0.3, -0.25) is 9.59 Å². The van der Waals surface area contributed by atoms with Crippen LogP contribution in [-0.4, -0.2) is 50.4 Å². The molecular formula is C34H58N2O6. The van der Waals surface area contributed by atoms with Crippen LogP contribution in [0.5, 0.6) is 5.75 Å². The average molecular weight is 591 g/mol. The van der Waals surface area contributed by atoms with Gasteiger partial charge in [-0.25, -0.2) is 4.79 Å². The summed E-state index contributed by atoms with van der Waals surface area (Å²) < 4.78 is 16.2. The Hall–Kier alpha value is -2.77. The van der Waals surface area contributed by atoms with E-state index in [1.165, 1.54) is 58.5 Å². The van der Waals surface area contributed by atoms with Gasteiger partial charge in [-0.15, -0.1) is 0 Å². The maximum Gasteiger partial charge on any atom is 0.407 e. The second-order valence-electron chi connectivity index (χ2n) is 12.1. The molecule has 2 amide bonds. The average Bonchev–Trinajstić information content (AvgIpc) is 2.95. The normalized spacial score (nSPS) is 12.0. The van der Waals surface area contributed by atoms with Crippen LogP contribution >= 0.6 is 0 Å². The predicted molar refractivity (Wildman–Crippen MR) is 169 cm³/mol. The van der Waals surface area contributed by atoms with E-state index in [4.69, 9.17) is 14.2 Å². The summed E-state index contributed by atoms with van der Waals surface area (Å²) in [6.45, 7) is 11.2. The highest BCUT2D eigenvalue weighted by Gasteiger charge is 2.20. The highest BCUT2D eigenvalue weighted by atomic mass is 16.6. The molecule has 0 radical (unpaired) electrons. The first kappa shape index (κ1) is 37.3. The molecule has 0 aromatic heterocycles. The lowest BCUT2D eigenvalue weighted by Crippen LogP contribution is -2.33. The third kappa shape index (κ3) is 17.2. The van der Waals surface area contributed by atoms with Gasteiger partial charge in [0.1, 0.15) is 11.4 Å². The minimum atomic E-state index is -0.503. The first-order valence-electron chi connectivity index (χ1n) is 16.2. The molecule has 42 heavy (non-hydrogen) atoms. The van der Waals surface area contributed by atoms with E-state index in [1.54, 1.807) is 19.1 Å². The summed E-state index contributed by atoms with van der Waals surface area (Å²) >= 11 is 0. The Morgan fingerprint density at radius 1 is 0.786 bits per heavy atom. The molecule has 0 fully saturated rings. The Labute approximate surface area is 255 Å². The minimum Gasteiger partial charge on any atom is -0.493 e. The number of hydrogen-bond donors (Lipinski definition) is 2. The standard InChI is InChI=1S/C34H58N2O6/c1-7-8-9-10-11-12-13-14-17-20-25-41-30-22-21-28(27(2)32(38)40-6)26-29(30)31(37)35-23-18-15-16-19-24-36-33(39)42-34(3,4)5/h21-22,26-27H,7-20,23-25H2,1-6H3,(H,35,37)(H,36,39). The van der Waals surface area contributed by atoms with Crippen LogP contribution in [0.3, 0.4) is 0 Å². The lowest BCUT2D eigenvalue weighted by Gasteiger charge is -2.19. The molecule has 2 N–H and O–H groups in total. The van der Waals surface area contributed by atoms with Crippen molar-refractivity contribution in [2.24, 2.45) is 0 Å². The summed E-state index contributed by atoms with van der Waals surface area (Å²) in [6, 6.07) is 5.36. The van der Waals surface area contributed by atoms with Crippen LogP contribution in [-0.2, 0) is 14.3 Å². The van der Waals surface area contributed by atoms with Gasteiger partial charge in [0.15, 0.2) is 0 Å². The van der Waals surface area contributed by atoms with E-state index >= 15 is 0 Å². The SMILES string of the molecule is CCCCCCCCCCCCOc1ccc(C(C)C(=O)OC)cc1C(=O)NCCCCCCNC(=O)OC(C)(C)C. The monoisotopic (exact) mass is 590 g/mol. The summed E-state index contributed by atoms with van der Waals surface area (Å²) in [6.07, 6.45) is 15.6. The lowest BCUT2D eigenvalue weighted by molar-refractivity contribution is -0.142. The number of carbonyl (C=O) groups excluding carboxylic acids is 3. The number of rotatable bonds is 22. The first-order chi connectivity index (χ1) is 20.1. The molecule has 1 unspecified atom stereocenters. The smallest absolute Gasteiger partial charge is 0.407 e. The van der Waals surface area contributed by atoms with Crippen molar-refractivity contribution in [3.05, 3.63) is 29.3 Å². The summed E-state index contributed by atoms with van der Waals surface area (Å²) in [4.78, 5) is 36.9. The van der Waals surface area contributed by atoms with Crippen LogP contribution in [0, 0.1) is 0 Å². The van der Waals surface area contributed by atoms with Crippen molar-refractivity contribution in [3.8, 4) is 5.75 Å². The van der Waals surface area contributed by atoms with Crippen molar-refractivity contribution in [2.75, 3.05) is 26.8 Å². The molecule has 1 rings (SSSR count). The number of nitrogens with one attached hydrogen (secondary N) is 2. The van der Waals surface area contributed by atoms with Crippen molar-refractivity contribution in [3.63, 3.8) is 0 Å². The van der Waals surface area contributed by atoms with Gasteiger partial charge in [-0.2, -0.15) is 0 Å². The van der Waals surface area contributed by atoms with Crippen LogP contribution < -0.4 is 15.4 Å². The summed E-state index contributed by atoms with van der Waals surface area (Å²) in [7, 11) is 1.37. The molecular weight excluding hydrogens is 532 g/mol. The molecule has 0 heterocycles. The van der Waals surface area contributed by atoms with Crippen molar-refractivity contribution < 1.29 is 28.6 Å². The van der Waals surface area contributed by atoms with E-state index in [-0.39, 0.29) is 11.9 Å². The molecule has 0 saturated heterocycles. The van der Waals surface area contributed by atoms with E-state index < -0.39 is 17.6 Å². The van der Waals surface area contributed by atoms with Gasteiger partial charge < -0.3 is 24.8 Å². The van der Waals surface area contributed by atoms with E-state index in [0.29, 0.717) is 31.0 Å². The number of alkyl carbamates (subject to hydrolysis) is 1. The number of esters is 1. The Morgan fingerprint density at radius 3 is 1.90 bits per heavy atom. The van der Waals surface area contributed by atoms with Gasteiger partial charge in [0.2, 0.25) is 0 Å². The van der Waals surface area contributed by atoms with Crippen molar-refractivity contribution >= 4 is 18.0 Å². The van der Waals surface area contributed by atoms with E-state index in [1.807, 2.05) is 26.8 Å². The van der Waals surface area contributed by atoms with E-state index in [0.717, 1.165) is 44.1 Å². The van der Waals surface area contributed by atoms with E-state index in [9.17, 15) is 14.4 Å². The largest absolute Gasteiger partial charge is 0.493 e. The number of unbranched alkanes of at least 4 members (excludes halogenated alkanes) is 12. The van der Waals surface area contributed by atoms with Gasteiger partial charge in [0.05, 0.1) is 25.2 Å². The zero-order chi connectivity index (χ0) is 31.2. The molecule has 8 heteroatoms. The topological polar surface area (TPSA) is 103 Å². The maximum atomic E-state index is 13.1. The zero-order valence-corrected chi connectivity index (χ0v) is 27.3. The van der Waals surface area contributed by atoms with Gasteiger partial charge in [0, 0.05) is 13.1 Å². The summed E-state index contributed by atoms with van der Waals surface area (Å²) in [5.74, 6) is -0.496. The maximum absolute atomic E-state index is 13.1. The quantitative estimate of drug-likeness (QED) is 0.105. The molecule has 240 valence electrons. The molecule has 1 aromatic carbocycles. The van der Waals surface area contributed by atoms with Gasteiger partial charge in [0.25, 0.3) is 5.91 Å². The Balaban J connectivity index is 2.49. The highest BCUT2D eigenvalue weighted by Crippen LogP contribution is 2.26. The third-order valence-corrected chi connectivity index (χ3v) is 7.12. The number of hydrogen-bond acceptors (Lipinski definition) is 6. The van der Waals surface area contributed by atoms with Crippen LogP contribution in [0.1, 0.15) is 146 Å². The Bertz CT molecular complexity index is 912. The predicted octanol–water partition coefficient (Wildman–Crippen LogP) is 8.08. The molecule has 0 aliphatic carbocycles. The van der Waals surface area contributed by atoms with Gasteiger partial charge >= 0.3 is 12.1 Å². The third-order valence-electron chi connectivity index (χ3n) is 7.12.